The Labute approximate surface area is 176 Å². The molecule has 0 atom stereocenters. The van der Waals surface area contributed by atoms with Gasteiger partial charge >= 0.3 is 0 Å². The summed E-state index contributed by atoms with van der Waals surface area (Å²) in [5.74, 6) is 0.441. The van der Waals surface area contributed by atoms with E-state index in [1.165, 1.54) is 22.5 Å². The van der Waals surface area contributed by atoms with Gasteiger partial charge in [0.2, 0.25) is 10.0 Å². The summed E-state index contributed by atoms with van der Waals surface area (Å²) in [6.07, 6.45) is 0. The van der Waals surface area contributed by atoms with Crippen LogP contribution in [-0.4, -0.2) is 45.4 Å². The lowest BCUT2D eigenvalue weighted by atomic mass is 10.2. The third-order valence-corrected chi connectivity index (χ3v) is 6.54. The van der Waals surface area contributed by atoms with Crippen LogP contribution >= 0.6 is 11.6 Å². The zero-order chi connectivity index (χ0) is 21.4. The highest BCUT2D eigenvalue weighted by Gasteiger charge is 2.26. The molecule has 0 aliphatic carbocycles. The quantitative estimate of drug-likeness (QED) is 0.613. The molecule has 2 rings (SSSR count). The molecule has 0 saturated carbocycles. The van der Waals surface area contributed by atoms with Crippen LogP contribution in [0.2, 0.25) is 5.02 Å². The Balaban J connectivity index is 2.05. The molecule has 0 heterocycles. The average Bonchev–Trinajstić information content (AvgIpc) is 2.72. The summed E-state index contributed by atoms with van der Waals surface area (Å²) >= 11 is 5.99. The summed E-state index contributed by atoms with van der Waals surface area (Å²) in [5, 5.41) is 3.00. The molecule has 2 aromatic carbocycles. The Morgan fingerprint density at radius 1 is 1.10 bits per heavy atom. The predicted molar refractivity (Wildman–Crippen MR) is 112 cm³/mol. The molecule has 2 aromatic rings. The molecule has 1 N–H and O–H groups in total. The normalized spacial score (nSPS) is 11.3. The molecule has 0 bridgehead atoms. The fraction of sp³-hybridized carbons (Fsp3) is 0.350. The van der Waals surface area contributed by atoms with Gasteiger partial charge in [-0.05, 0) is 35.9 Å². The average molecular weight is 441 g/mol. The largest absolute Gasteiger partial charge is 0.497 e. The van der Waals surface area contributed by atoms with Gasteiger partial charge in [-0.3, -0.25) is 4.79 Å². The van der Waals surface area contributed by atoms with Gasteiger partial charge in [-0.25, -0.2) is 8.42 Å². The molecule has 0 radical (unpaired) electrons. The fourth-order valence-electron chi connectivity index (χ4n) is 2.64. The fourth-order valence-corrected chi connectivity index (χ4v) is 4.50. The van der Waals surface area contributed by atoms with E-state index in [-0.39, 0.29) is 28.2 Å². The van der Waals surface area contributed by atoms with Gasteiger partial charge in [-0.15, -0.1) is 0 Å². The molecule has 9 heteroatoms. The van der Waals surface area contributed by atoms with Gasteiger partial charge < -0.3 is 14.8 Å². The zero-order valence-corrected chi connectivity index (χ0v) is 18.2. The molecule has 0 aromatic heterocycles. The molecule has 0 aliphatic rings. The van der Waals surface area contributed by atoms with Crippen LogP contribution < -0.4 is 14.8 Å². The highest BCUT2D eigenvalue weighted by Crippen LogP contribution is 2.29. The smallest absolute Gasteiger partial charge is 0.258 e. The number of carbonyl (C=O) groups excluding carboxylic acids is 1. The number of hydrogen-bond donors (Lipinski definition) is 1. The van der Waals surface area contributed by atoms with Crippen LogP contribution in [-0.2, 0) is 21.4 Å². The van der Waals surface area contributed by atoms with Crippen LogP contribution in [0.3, 0.4) is 0 Å². The van der Waals surface area contributed by atoms with Crippen molar-refractivity contribution in [2.24, 2.45) is 0 Å². The highest BCUT2D eigenvalue weighted by molar-refractivity contribution is 7.89. The van der Waals surface area contributed by atoms with Crippen molar-refractivity contribution in [3.63, 3.8) is 0 Å². The van der Waals surface area contributed by atoms with Crippen molar-refractivity contribution in [2.75, 3.05) is 26.8 Å². The Kier molecular flexibility index (Phi) is 8.31. The van der Waals surface area contributed by atoms with Crippen molar-refractivity contribution < 1.29 is 22.7 Å². The topological polar surface area (TPSA) is 84.9 Å². The summed E-state index contributed by atoms with van der Waals surface area (Å²) in [5.41, 5.74) is 0.899. The number of carbonyl (C=O) groups is 1. The second kappa shape index (κ2) is 10.5. The lowest BCUT2D eigenvalue weighted by molar-refractivity contribution is -0.123. The van der Waals surface area contributed by atoms with E-state index in [2.05, 4.69) is 5.32 Å². The second-order valence-corrected chi connectivity index (χ2v) is 8.44. The van der Waals surface area contributed by atoms with Gasteiger partial charge in [0.1, 0.15) is 16.4 Å². The number of sulfonamides is 1. The maximum atomic E-state index is 12.9. The first-order valence-corrected chi connectivity index (χ1v) is 11.0. The molecule has 0 fully saturated rings. The summed E-state index contributed by atoms with van der Waals surface area (Å²) in [7, 11) is -2.20. The van der Waals surface area contributed by atoms with E-state index in [1.807, 2.05) is 12.1 Å². The summed E-state index contributed by atoms with van der Waals surface area (Å²) < 4.78 is 37.6. The first-order chi connectivity index (χ1) is 13.8. The Bertz CT molecular complexity index is 928. The maximum Gasteiger partial charge on any atom is 0.258 e. The van der Waals surface area contributed by atoms with Crippen molar-refractivity contribution in [3.8, 4) is 11.5 Å². The molecule has 158 valence electrons. The number of halogens is 1. The molecular formula is C20H25ClN2O5S. The second-order valence-electron chi connectivity index (χ2n) is 6.09. The zero-order valence-electron chi connectivity index (χ0n) is 16.6. The van der Waals surface area contributed by atoms with Crippen molar-refractivity contribution in [3.05, 3.63) is 53.1 Å². The van der Waals surface area contributed by atoms with E-state index in [4.69, 9.17) is 21.1 Å². The lowest BCUT2D eigenvalue weighted by Crippen LogP contribution is -2.32. The van der Waals surface area contributed by atoms with Gasteiger partial charge in [0.25, 0.3) is 5.91 Å². The number of hydrogen-bond acceptors (Lipinski definition) is 5. The third-order valence-electron chi connectivity index (χ3n) is 4.24. The minimum absolute atomic E-state index is 0.0587. The van der Waals surface area contributed by atoms with Gasteiger partial charge in [0.15, 0.2) is 6.61 Å². The first kappa shape index (κ1) is 23.0. The van der Waals surface area contributed by atoms with Crippen LogP contribution in [0.25, 0.3) is 0 Å². The van der Waals surface area contributed by atoms with E-state index >= 15 is 0 Å². The minimum Gasteiger partial charge on any atom is -0.497 e. The van der Waals surface area contributed by atoms with E-state index in [0.29, 0.717) is 19.6 Å². The molecule has 0 spiro atoms. The van der Waals surface area contributed by atoms with Crippen LogP contribution in [0, 0.1) is 0 Å². The van der Waals surface area contributed by atoms with Gasteiger partial charge in [-0.2, -0.15) is 4.31 Å². The molecule has 0 saturated heterocycles. The van der Waals surface area contributed by atoms with Crippen LogP contribution in [0.1, 0.15) is 19.4 Å². The summed E-state index contributed by atoms with van der Waals surface area (Å²) in [6, 6.07) is 11.6. The minimum atomic E-state index is -3.78. The number of nitrogens with one attached hydrogen (secondary N) is 1. The number of methoxy groups -OCH3 is 1. The Morgan fingerprint density at radius 3 is 2.34 bits per heavy atom. The Hall–Kier alpha value is -2.29. The molecule has 1 amide bonds. The number of rotatable bonds is 10. The first-order valence-electron chi connectivity index (χ1n) is 9.14. The van der Waals surface area contributed by atoms with Gasteiger partial charge in [0.05, 0.1) is 7.11 Å². The van der Waals surface area contributed by atoms with Gasteiger partial charge in [0, 0.05) is 24.7 Å². The standard InChI is InChI=1S/C20H25ClN2O5S/c1-4-23(5-2)29(25,26)19-12-16(21)8-11-18(19)28-14-20(24)22-13-15-6-9-17(27-3)10-7-15/h6-12H,4-5,13-14H2,1-3H3,(H,22,24). The number of ether oxygens (including phenoxy) is 2. The Morgan fingerprint density at radius 2 is 1.76 bits per heavy atom. The van der Waals surface area contributed by atoms with Crippen molar-refractivity contribution in [1.82, 2.24) is 9.62 Å². The molecule has 0 unspecified atom stereocenters. The molecule has 7 nitrogen and oxygen atoms in total. The SMILES string of the molecule is CCN(CC)S(=O)(=O)c1cc(Cl)ccc1OCC(=O)NCc1ccc(OC)cc1. The van der Waals surface area contributed by atoms with Gasteiger partial charge in [-0.1, -0.05) is 37.6 Å². The summed E-state index contributed by atoms with van der Waals surface area (Å²) in [6.45, 7) is 4.12. The number of benzene rings is 2. The van der Waals surface area contributed by atoms with Crippen molar-refractivity contribution in [1.29, 1.82) is 0 Å². The predicted octanol–water partition coefficient (Wildman–Crippen LogP) is 3.07. The van der Waals surface area contributed by atoms with E-state index in [9.17, 15) is 13.2 Å². The summed E-state index contributed by atoms with van der Waals surface area (Å²) in [4.78, 5) is 12.1. The van der Waals surface area contributed by atoms with Crippen molar-refractivity contribution >= 4 is 27.5 Å². The highest BCUT2D eigenvalue weighted by atomic mass is 35.5. The monoisotopic (exact) mass is 440 g/mol. The van der Waals surface area contributed by atoms with E-state index in [1.54, 1.807) is 33.1 Å². The molecule has 0 aliphatic heterocycles. The van der Waals surface area contributed by atoms with Crippen LogP contribution in [0.15, 0.2) is 47.4 Å². The molecular weight excluding hydrogens is 416 g/mol. The number of amides is 1. The van der Waals surface area contributed by atoms with Crippen LogP contribution in [0.4, 0.5) is 0 Å². The maximum absolute atomic E-state index is 12.9. The van der Waals surface area contributed by atoms with E-state index in [0.717, 1.165) is 11.3 Å². The number of nitrogens with zero attached hydrogens (tertiary/aromatic N) is 1. The lowest BCUT2D eigenvalue weighted by Gasteiger charge is -2.20. The van der Waals surface area contributed by atoms with E-state index < -0.39 is 10.0 Å². The molecule has 29 heavy (non-hydrogen) atoms. The third kappa shape index (κ3) is 6.09. The van der Waals surface area contributed by atoms with Crippen LogP contribution in [0.5, 0.6) is 11.5 Å². The van der Waals surface area contributed by atoms with Crippen molar-refractivity contribution in [2.45, 2.75) is 25.3 Å².